The fourth-order valence-electron chi connectivity index (χ4n) is 4.04. The molecule has 1 aromatic carbocycles. The minimum absolute atomic E-state index is 0.0275. The molecule has 1 aliphatic rings. The minimum atomic E-state index is -0.242. The van der Waals surface area contributed by atoms with E-state index >= 15 is 0 Å². The van der Waals surface area contributed by atoms with Crippen molar-refractivity contribution in [3.63, 3.8) is 0 Å². The molecule has 1 fully saturated rings. The fraction of sp³-hybridized carbons (Fsp3) is 0.500. The Morgan fingerprint density at radius 3 is 2.16 bits per heavy atom. The zero-order chi connectivity index (χ0) is 23.4. The molecule has 1 aliphatic heterocycles. The van der Waals surface area contributed by atoms with E-state index in [0.29, 0.717) is 44.6 Å². The predicted octanol–water partition coefficient (Wildman–Crippen LogP) is 2.54. The molecule has 2 aromatic rings. The van der Waals surface area contributed by atoms with E-state index in [2.05, 4.69) is 5.10 Å². The van der Waals surface area contributed by atoms with Crippen molar-refractivity contribution in [3.8, 4) is 5.69 Å². The molecule has 0 unspecified atom stereocenters. The van der Waals surface area contributed by atoms with Gasteiger partial charge in [-0.1, -0.05) is 13.8 Å². The van der Waals surface area contributed by atoms with E-state index in [1.807, 2.05) is 61.5 Å². The third-order valence-corrected chi connectivity index (χ3v) is 5.98. The Morgan fingerprint density at radius 1 is 1.00 bits per heavy atom. The van der Waals surface area contributed by atoms with Crippen molar-refractivity contribution in [3.05, 3.63) is 46.8 Å². The number of ether oxygens (including phenoxy) is 1. The average molecular weight is 441 g/mol. The first-order valence-electron chi connectivity index (χ1n) is 11.0. The highest BCUT2D eigenvalue weighted by atomic mass is 16.5. The van der Waals surface area contributed by atoms with Crippen molar-refractivity contribution < 1.29 is 19.1 Å². The number of hydrogen-bond donors (Lipinski definition) is 0. The Bertz CT molecular complexity index is 986. The monoisotopic (exact) mass is 440 g/mol. The highest BCUT2D eigenvalue weighted by Crippen LogP contribution is 2.21. The average Bonchev–Trinajstić information content (AvgIpc) is 3.09. The molecular formula is C24H32N4O4. The molecule has 2 amide bonds. The highest BCUT2D eigenvalue weighted by Gasteiger charge is 2.26. The van der Waals surface area contributed by atoms with Gasteiger partial charge < -0.3 is 14.5 Å². The number of methoxy groups -OCH3 is 1. The lowest BCUT2D eigenvalue weighted by Crippen LogP contribution is -2.51. The largest absolute Gasteiger partial charge is 0.469 e. The Balaban J connectivity index is 1.67. The van der Waals surface area contributed by atoms with E-state index in [0.717, 1.165) is 22.6 Å². The van der Waals surface area contributed by atoms with Crippen molar-refractivity contribution >= 4 is 17.8 Å². The summed E-state index contributed by atoms with van der Waals surface area (Å²) in [4.78, 5) is 40.2. The molecule has 0 radical (unpaired) electrons. The van der Waals surface area contributed by atoms with Crippen molar-refractivity contribution in [2.75, 3.05) is 33.3 Å². The van der Waals surface area contributed by atoms with E-state index in [-0.39, 0.29) is 23.7 Å². The molecule has 8 heteroatoms. The van der Waals surface area contributed by atoms with E-state index in [1.54, 1.807) is 4.90 Å². The van der Waals surface area contributed by atoms with Gasteiger partial charge in [-0.3, -0.25) is 14.4 Å². The Kier molecular flexibility index (Phi) is 7.33. The van der Waals surface area contributed by atoms with Gasteiger partial charge in [0.15, 0.2) is 0 Å². The zero-order valence-corrected chi connectivity index (χ0v) is 19.6. The van der Waals surface area contributed by atoms with Crippen LogP contribution in [-0.4, -0.2) is 70.7 Å². The fourth-order valence-corrected chi connectivity index (χ4v) is 4.04. The Labute approximate surface area is 189 Å². The van der Waals surface area contributed by atoms with E-state index < -0.39 is 0 Å². The molecule has 0 bridgehead atoms. The summed E-state index contributed by atoms with van der Waals surface area (Å²) in [5.74, 6) is -0.161. The number of benzene rings is 1. The summed E-state index contributed by atoms with van der Waals surface area (Å²) in [5.41, 5.74) is 4.35. The van der Waals surface area contributed by atoms with Gasteiger partial charge in [-0.25, -0.2) is 4.68 Å². The number of aryl methyl sites for hydroxylation is 1. The first-order valence-corrected chi connectivity index (χ1v) is 11.0. The number of amides is 2. The van der Waals surface area contributed by atoms with Crippen molar-refractivity contribution in [2.45, 2.75) is 40.5 Å². The van der Waals surface area contributed by atoms with Crippen LogP contribution in [0.5, 0.6) is 0 Å². The van der Waals surface area contributed by atoms with Crippen LogP contribution in [0.2, 0.25) is 0 Å². The second-order valence-corrected chi connectivity index (χ2v) is 8.46. The van der Waals surface area contributed by atoms with Crippen LogP contribution in [0.4, 0.5) is 0 Å². The Morgan fingerprint density at radius 2 is 1.59 bits per heavy atom. The maximum Gasteiger partial charge on any atom is 0.305 e. The van der Waals surface area contributed by atoms with Crippen LogP contribution in [-0.2, 0) is 20.7 Å². The van der Waals surface area contributed by atoms with Crippen LogP contribution in [0.3, 0.4) is 0 Å². The van der Waals surface area contributed by atoms with E-state index in [4.69, 9.17) is 4.74 Å². The van der Waals surface area contributed by atoms with Gasteiger partial charge in [-0.15, -0.1) is 0 Å². The number of carbonyl (C=O) groups is 3. The van der Waals surface area contributed by atoms with Gasteiger partial charge in [-0.05, 0) is 50.1 Å². The summed E-state index contributed by atoms with van der Waals surface area (Å²) in [7, 11) is 1.39. The van der Waals surface area contributed by atoms with E-state index in [1.165, 1.54) is 7.11 Å². The molecule has 32 heavy (non-hydrogen) atoms. The molecule has 3 rings (SSSR count). The SMILES string of the molecule is COC(=O)CCc1c(C)nn(-c2ccc(C(=O)N3CCN(C(=O)C(C)C)CC3)cc2)c1C. The quantitative estimate of drug-likeness (QED) is 0.645. The first-order chi connectivity index (χ1) is 15.2. The van der Waals surface area contributed by atoms with Gasteiger partial charge in [0.2, 0.25) is 5.91 Å². The van der Waals surface area contributed by atoms with Crippen LogP contribution >= 0.6 is 0 Å². The lowest BCUT2D eigenvalue weighted by atomic mass is 10.1. The summed E-state index contributed by atoms with van der Waals surface area (Å²) in [6.07, 6.45) is 0.888. The third kappa shape index (κ3) is 5.00. The van der Waals surface area contributed by atoms with Gasteiger partial charge in [0.1, 0.15) is 0 Å². The number of piperazine rings is 1. The normalized spacial score (nSPS) is 14.1. The van der Waals surface area contributed by atoms with Crippen molar-refractivity contribution in [2.24, 2.45) is 5.92 Å². The number of hydrogen-bond acceptors (Lipinski definition) is 5. The summed E-state index contributed by atoms with van der Waals surface area (Å²) < 4.78 is 6.57. The van der Waals surface area contributed by atoms with E-state index in [9.17, 15) is 14.4 Å². The summed E-state index contributed by atoms with van der Waals surface area (Å²) >= 11 is 0. The molecule has 0 atom stereocenters. The van der Waals surface area contributed by atoms with Crippen LogP contribution in [0.1, 0.15) is 47.6 Å². The number of nitrogens with zero attached hydrogens (tertiary/aromatic N) is 4. The maximum absolute atomic E-state index is 12.9. The minimum Gasteiger partial charge on any atom is -0.469 e. The van der Waals surface area contributed by atoms with Gasteiger partial charge in [0.25, 0.3) is 5.91 Å². The molecule has 1 saturated heterocycles. The molecule has 0 N–H and O–H groups in total. The van der Waals surface area contributed by atoms with Crippen LogP contribution < -0.4 is 0 Å². The third-order valence-electron chi connectivity index (χ3n) is 5.98. The summed E-state index contributed by atoms with van der Waals surface area (Å²) in [6.45, 7) is 9.92. The smallest absolute Gasteiger partial charge is 0.305 e. The van der Waals surface area contributed by atoms with Crippen molar-refractivity contribution in [1.82, 2.24) is 19.6 Å². The Hall–Kier alpha value is -3.16. The molecule has 0 saturated carbocycles. The van der Waals surface area contributed by atoms with Gasteiger partial charge in [-0.2, -0.15) is 5.10 Å². The van der Waals surface area contributed by atoms with Crippen LogP contribution in [0.15, 0.2) is 24.3 Å². The number of aromatic nitrogens is 2. The number of esters is 1. The molecule has 172 valence electrons. The standard InChI is InChI=1S/C24H32N4O4/c1-16(2)23(30)26-12-14-27(15-13-26)24(31)19-6-8-20(9-7-19)28-18(4)21(17(3)25-28)10-11-22(29)32-5/h6-9,16H,10-15H2,1-5H3. The van der Waals surface area contributed by atoms with Crippen LogP contribution in [0, 0.1) is 19.8 Å². The number of carbonyl (C=O) groups excluding carboxylic acids is 3. The molecule has 1 aromatic heterocycles. The summed E-state index contributed by atoms with van der Waals surface area (Å²) in [6, 6.07) is 7.40. The molecule has 0 spiro atoms. The molecule has 0 aliphatic carbocycles. The van der Waals surface area contributed by atoms with Crippen LogP contribution in [0.25, 0.3) is 5.69 Å². The second kappa shape index (κ2) is 9.97. The van der Waals surface area contributed by atoms with Crippen molar-refractivity contribution in [1.29, 1.82) is 0 Å². The van der Waals surface area contributed by atoms with Gasteiger partial charge in [0.05, 0.1) is 18.5 Å². The lowest BCUT2D eigenvalue weighted by molar-refractivity contribution is -0.140. The first kappa shape index (κ1) is 23.5. The van der Waals surface area contributed by atoms with Gasteiger partial charge in [0, 0.05) is 49.8 Å². The predicted molar refractivity (Wildman–Crippen MR) is 121 cm³/mol. The zero-order valence-electron chi connectivity index (χ0n) is 19.6. The maximum atomic E-state index is 12.9. The molecule has 2 heterocycles. The lowest BCUT2D eigenvalue weighted by Gasteiger charge is -2.35. The second-order valence-electron chi connectivity index (χ2n) is 8.46. The topological polar surface area (TPSA) is 84.7 Å². The molecule has 8 nitrogen and oxygen atoms in total. The number of rotatable bonds is 6. The molecular weight excluding hydrogens is 408 g/mol. The van der Waals surface area contributed by atoms with Gasteiger partial charge >= 0.3 is 5.97 Å². The highest BCUT2D eigenvalue weighted by molar-refractivity contribution is 5.94. The summed E-state index contributed by atoms with van der Waals surface area (Å²) in [5, 5.41) is 4.62.